The van der Waals surface area contributed by atoms with E-state index >= 15 is 0 Å². The molecule has 0 amide bonds. The van der Waals surface area contributed by atoms with Crippen LogP contribution in [0.5, 0.6) is 0 Å². The fourth-order valence-electron chi connectivity index (χ4n) is 1.80. The third kappa shape index (κ3) is 14.9. The minimum absolute atomic E-state index is 0.246. The summed E-state index contributed by atoms with van der Waals surface area (Å²) in [5.41, 5.74) is 0. The van der Waals surface area contributed by atoms with Crippen LogP contribution in [-0.2, 0) is 0 Å². The summed E-state index contributed by atoms with van der Waals surface area (Å²) in [6.07, 6.45) is 12.6. The van der Waals surface area contributed by atoms with E-state index in [1.807, 2.05) is 19.9 Å². The molecule has 1 fully saturated rings. The van der Waals surface area contributed by atoms with Crippen molar-refractivity contribution in [2.45, 2.75) is 46.5 Å². The van der Waals surface area contributed by atoms with Crippen LogP contribution in [0.2, 0.25) is 0 Å². The number of nitrogens with zero attached hydrogens (tertiary/aromatic N) is 1. The fraction of sp³-hybridized carbons (Fsp3) is 0.647. The van der Waals surface area contributed by atoms with Crippen molar-refractivity contribution in [1.29, 1.82) is 0 Å². The van der Waals surface area contributed by atoms with Crippen LogP contribution in [0.15, 0.2) is 24.6 Å². The standard InChI is InChI=1S/C12H20FN.C3H4.C2H6/c1-11(13)5-3-4-6-12-7-9-14(2)10-8-12;1-3-2;1-2/h3-4,12H,1,5-10H2,2H3;1H,2H3;1-2H3/b4-3-;;. The summed E-state index contributed by atoms with van der Waals surface area (Å²) in [5.74, 6) is 2.81. The number of likely N-dealkylation sites (tertiary alicyclic amines) is 1. The number of rotatable bonds is 4. The monoisotopic (exact) mass is 267 g/mol. The first-order valence-corrected chi connectivity index (χ1v) is 7.14. The first-order valence-electron chi connectivity index (χ1n) is 7.14. The van der Waals surface area contributed by atoms with E-state index < -0.39 is 0 Å². The Bertz CT molecular complexity index is 267. The van der Waals surface area contributed by atoms with Gasteiger partial charge in [0.05, 0.1) is 5.83 Å². The quantitative estimate of drug-likeness (QED) is 0.522. The zero-order valence-electron chi connectivity index (χ0n) is 13.1. The lowest BCUT2D eigenvalue weighted by Crippen LogP contribution is -2.29. The SMILES string of the molecule is C#CC.C=C(F)C/C=C\CC1CCN(C)CC1.CC. The number of hydrogen-bond donors (Lipinski definition) is 0. The number of hydrogen-bond acceptors (Lipinski definition) is 1. The first kappa shape index (κ1) is 20.3. The molecule has 0 saturated carbocycles. The third-order valence-corrected chi connectivity index (χ3v) is 2.81. The van der Waals surface area contributed by atoms with Gasteiger partial charge >= 0.3 is 0 Å². The first-order chi connectivity index (χ1) is 9.10. The van der Waals surface area contributed by atoms with Crippen LogP contribution < -0.4 is 0 Å². The van der Waals surface area contributed by atoms with E-state index in [0.717, 1.165) is 12.3 Å². The van der Waals surface area contributed by atoms with Crippen molar-refractivity contribution >= 4 is 0 Å². The smallest absolute Gasteiger partial charge is 0.0965 e. The summed E-state index contributed by atoms with van der Waals surface area (Å²) in [5, 5.41) is 0. The second-order valence-electron chi connectivity index (χ2n) is 4.46. The van der Waals surface area contributed by atoms with E-state index in [-0.39, 0.29) is 5.83 Å². The van der Waals surface area contributed by atoms with Crippen molar-refractivity contribution in [3.8, 4) is 12.3 Å². The molecule has 0 radical (unpaired) electrons. The molecule has 1 aliphatic heterocycles. The minimum Gasteiger partial charge on any atom is -0.306 e. The van der Waals surface area contributed by atoms with E-state index in [1.165, 1.54) is 25.9 Å². The lowest BCUT2D eigenvalue weighted by molar-refractivity contribution is 0.220. The second-order valence-corrected chi connectivity index (χ2v) is 4.46. The zero-order valence-corrected chi connectivity index (χ0v) is 13.1. The lowest BCUT2D eigenvalue weighted by Gasteiger charge is -2.28. The molecule has 0 atom stereocenters. The lowest BCUT2D eigenvalue weighted by atomic mass is 9.93. The van der Waals surface area contributed by atoms with Gasteiger partial charge in [0.2, 0.25) is 0 Å². The summed E-state index contributed by atoms with van der Waals surface area (Å²) in [6.45, 7) is 11.3. The van der Waals surface area contributed by atoms with E-state index in [9.17, 15) is 4.39 Å². The molecule has 110 valence electrons. The molecule has 0 aromatic heterocycles. The molecule has 1 rings (SSSR count). The topological polar surface area (TPSA) is 3.24 Å². The van der Waals surface area contributed by atoms with Crippen LogP contribution in [0.25, 0.3) is 0 Å². The van der Waals surface area contributed by atoms with E-state index in [4.69, 9.17) is 0 Å². The molecule has 0 aromatic rings. The van der Waals surface area contributed by atoms with E-state index in [0.29, 0.717) is 6.42 Å². The summed E-state index contributed by atoms with van der Waals surface area (Å²) < 4.78 is 12.3. The maximum atomic E-state index is 12.3. The van der Waals surface area contributed by atoms with Gasteiger partial charge in [-0.3, -0.25) is 0 Å². The third-order valence-electron chi connectivity index (χ3n) is 2.81. The van der Waals surface area contributed by atoms with Gasteiger partial charge in [0, 0.05) is 6.42 Å². The van der Waals surface area contributed by atoms with Crippen molar-refractivity contribution in [3.05, 3.63) is 24.6 Å². The van der Waals surface area contributed by atoms with Crippen molar-refractivity contribution in [2.75, 3.05) is 20.1 Å². The maximum absolute atomic E-state index is 12.3. The average molecular weight is 267 g/mol. The number of piperidine rings is 1. The van der Waals surface area contributed by atoms with Gasteiger partial charge in [-0.1, -0.05) is 32.6 Å². The van der Waals surface area contributed by atoms with Gasteiger partial charge in [-0.2, -0.15) is 0 Å². The van der Waals surface area contributed by atoms with Crippen LogP contribution >= 0.6 is 0 Å². The summed E-state index contributed by atoms with van der Waals surface area (Å²) in [4.78, 5) is 2.36. The van der Waals surface area contributed by atoms with Crippen LogP contribution in [0.3, 0.4) is 0 Å². The van der Waals surface area contributed by atoms with Crippen LogP contribution in [0.4, 0.5) is 4.39 Å². The van der Waals surface area contributed by atoms with Gasteiger partial charge in [0.1, 0.15) is 0 Å². The Hall–Kier alpha value is -1.07. The highest BCUT2D eigenvalue weighted by molar-refractivity contribution is 4.95. The molecule has 0 aliphatic carbocycles. The molecule has 0 N–H and O–H groups in total. The maximum Gasteiger partial charge on any atom is 0.0965 e. The van der Waals surface area contributed by atoms with E-state index in [1.54, 1.807) is 6.92 Å². The average Bonchev–Trinajstić information content (AvgIpc) is 2.40. The molecule has 0 spiro atoms. The molecule has 0 aromatic carbocycles. The van der Waals surface area contributed by atoms with Gasteiger partial charge in [0.25, 0.3) is 0 Å². The molecule has 1 heterocycles. The molecular weight excluding hydrogens is 237 g/mol. The van der Waals surface area contributed by atoms with Crippen LogP contribution in [0.1, 0.15) is 46.5 Å². The Balaban J connectivity index is 0. The predicted molar refractivity (Wildman–Crippen MR) is 84.7 cm³/mol. The fourth-order valence-corrected chi connectivity index (χ4v) is 1.80. The molecule has 0 bridgehead atoms. The molecule has 0 unspecified atom stereocenters. The second kappa shape index (κ2) is 15.0. The summed E-state index contributed by atoms with van der Waals surface area (Å²) in [6, 6.07) is 0. The zero-order chi connectivity index (χ0) is 15.1. The van der Waals surface area contributed by atoms with Crippen molar-refractivity contribution in [2.24, 2.45) is 5.92 Å². The largest absolute Gasteiger partial charge is 0.306 e. The Morgan fingerprint density at radius 1 is 1.37 bits per heavy atom. The molecule has 1 saturated heterocycles. The highest BCUT2D eigenvalue weighted by atomic mass is 19.1. The Morgan fingerprint density at radius 3 is 2.26 bits per heavy atom. The van der Waals surface area contributed by atoms with Gasteiger partial charge < -0.3 is 4.90 Å². The Kier molecular flexibility index (Phi) is 16.0. The summed E-state index contributed by atoms with van der Waals surface area (Å²) in [7, 11) is 2.17. The van der Waals surface area contributed by atoms with Gasteiger partial charge in [-0.05, 0) is 52.2 Å². The molecule has 1 aliphatic rings. The highest BCUT2D eigenvalue weighted by Gasteiger charge is 2.14. The van der Waals surface area contributed by atoms with Gasteiger partial charge in [-0.25, -0.2) is 4.39 Å². The van der Waals surface area contributed by atoms with Gasteiger partial charge in [-0.15, -0.1) is 12.3 Å². The number of halogens is 1. The van der Waals surface area contributed by atoms with Gasteiger partial charge in [0.15, 0.2) is 0 Å². The number of terminal acetylenes is 1. The Labute approximate surface area is 119 Å². The van der Waals surface area contributed by atoms with Crippen LogP contribution in [-0.4, -0.2) is 25.0 Å². The van der Waals surface area contributed by atoms with E-state index in [2.05, 4.69) is 36.9 Å². The van der Waals surface area contributed by atoms with Crippen molar-refractivity contribution in [1.82, 2.24) is 4.90 Å². The molecule has 1 nitrogen and oxygen atoms in total. The predicted octanol–water partition coefficient (Wildman–Crippen LogP) is 4.81. The molecule has 2 heteroatoms. The Morgan fingerprint density at radius 2 is 1.84 bits per heavy atom. The van der Waals surface area contributed by atoms with Crippen molar-refractivity contribution < 1.29 is 4.39 Å². The number of allylic oxidation sites excluding steroid dienone is 3. The normalized spacial score (nSPS) is 15.8. The highest BCUT2D eigenvalue weighted by Crippen LogP contribution is 2.19. The minimum atomic E-state index is -0.246. The van der Waals surface area contributed by atoms with Crippen LogP contribution in [0, 0.1) is 18.3 Å². The summed E-state index contributed by atoms with van der Waals surface area (Å²) >= 11 is 0. The molecule has 19 heavy (non-hydrogen) atoms. The van der Waals surface area contributed by atoms with Crippen molar-refractivity contribution in [3.63, 3.8) is 0 Å². The molecular formula is C17H30FN.